The van der Waals surface area contributed by atoms with Crippen molar-refractivity contribution in [2.45, 2.75) is 13.3 Å². The summed E-state index contributed by atoms with van der Waals surface area (Å²) in [7, 11) is 3.59. The summed E-state index contributed by atoms with van der Waals surface area (Å²) < 4.78 is 6.70. The summed E-state index contributed by atoms with van der Waals surface area (Å²) in [4.78, 5) is 15.2. The number of hydrogen-bond acceptors (Lipinski definition) is 7. The van der Waals surface area contributed by atoms with Gasteiger partial charge in [-0.05, 0) is 12.5 Å². The van der Waals surface area contributed by atoms with Gasteiger partial charge < -0.3 is 15.0 Å². The second kappa shape index (κ2) is 7.53. The Bertz CT molecular complexity index is 543. The molecule has 0 spiro atoms. The maximum atomic E-state index is 5.09. The minimum Gasteiger partial charge on any atom is -0.383 e. The van der Waals surface area contributed by atoms with Gasteiger partial charge in [-0.25, -0.2) is 4.68 Å². The van der Waals surface area contributed by atoms with Gasteiger partial charge in [0.1, 0.15) is 0 Å². The molecule has 0 amide bonds. The van der Waals surface area contributed by atoms with Crippen LogP contribution in [0.5, 0.6) is 0 Å². The van der Waals surface area contributed by atoms with Crippen LogP contribution in [0.2, 0.25) is 0 Å². The fourth-order valence-corrected chi connectivity index (χ4v) is 1.66. The molecule has 0 fully saturated rings. The highest BCUT2D eigenvalue weighted by Crippen LogP contribution is 2.11. The zero-order chi connectivity index (χ0) is 15.1. The number of likely N-dealkylation sites (N-methyl/N-ethyl adjacent to an activating group) is 1. The van der Waals surface area contributed by atoms with Crippen LogP contribution in [0.15, 0.2) is 18.5 Å². The summed E-state index contributed by atoms with van der Waals surface area (Å²) in [5.74, 6) is 1.63. The van der Waals surface area contributed by atoms with Crippen molar-refractivity contribution in [1.29, 1.82) is 0 Å². The standard InChI is InChI=1S/C13H21N7O/c1-4-6-14-11-16-12(19(2)9-10-21-3)18-13(17-11)20-8-5-7-15-20/h5,7-8H,4,6,9-10H2,1-3H3,(H,14,16,17,18). The molecule has 1 N–H and O–H groups in total. The molecule has 21 heavy (non-hydrogen) atoms. The number of anilines is 2. The third kappa shape index (κ3) is 4.12. The van der Waals surface area contributed by atoms with Crippen molar-refractivity contribution in [3.05, 3.63) is 18.5 Å². The molecule has 0 bridgehead atoms. The van der Waals surface area contributed by atoms with Crippen molar-refractivity contribution >= 4 is 11.9 Å². The predicted octanol–water partition coefficient (Wildman–Crippen LogP) is 0.962. The molecule has 0 radical (unpaired) electrons. The van der Waals surface area contributed by atoms with E-state index in [0.29, 0.717) is 31.0 Å². The highest BCUT2D eigenvalue weighted by molar-refractivity contribution is 5.39. The third-order valence-corrected chi connectivity index (χ3v) is 2.83. The van der Waals surface area contributed by atoms with Gasteiger partial charge in [0.05, 0.1) is 6.61 Å². The largest absolute Gasteiger partial charge is 0.383 e. The van der Waals surface area contributed by atoms with Gasteiger partial charge >= 0.3 is 0 Å². The van der Waals surface area contributed by atoms with E-state index in [1.807, 2.05) is 18.0 Å². The van der Waals surface area contributed by atoms with Crippen LogP contribution in [-0.2, 0) is 4.74 Å². The minimum atomic E-state index is 0.493. The van der Waals surface area contributed by atoms with E-state index in [4.69, 9.17) is 4.74 Å². The van der Waals surface area contributed by atoms with Crippen LogP contribution in [0.25, 0.3) is 5.95 Å². The van der Waals surface area contributed by atoms with Gasteiger partial charge in [0.25, 0.3) is 5.95 Å². The molecule has 2 rings (SSSR count). The van der Waals surface area contributed by atoms with Gasteiger partial charge in [-0.3, -0.25) is 0 Å². The maximum Gasteiger partial charge on any atom is 0.257 e. The Morgan fingerprint density at radius 3 is 2.86 bits per heavy atom. The van der Waals surface area contributed by atoms with Crippen molar-refractivity contribution in [2.75, 3.05) is 44.1 Å². The predicted molar refractivity (Wildman–Crippen MR) is 80.9 cm³/mol. The molecule has 114 valence electrons. The van der Waals surface area contributed by atoms with Gasteiger partial charge in [-0.1, -0.05) is 6.92 Å². The van der Waals surface area contributed by atoms with Gasteiger partial charge in [0.15, 0.2) is 0 Å². The molecule has 0 saturated carbocycles. The number of rotatable bonds is 8. The van der Waals surface area contributed by atoms with E-state index >= 15 is 0 Å². The topological polar surface area (TPSA) is 81.0 Å². The molecule has 8 nitrogen and oxygen atoms in total. The van der Waals surface area contributed by atoms with Crippen LogP contribution >= 0.6 is 0 Å². The lowest BCUT2D eigenvalue weighted by atomic mass is 10.5. The smallest absolute Gasteiger partial charge is 0.257 e. The van der Waals surface area contributed by atoms with Gasteiger partial charge in [0, 0.05) is 39.6 Å². The molecule has 0 aliphatic heterocycles. The maximum absolute atomic E-state index is 5.09. The molecule has 2 heterocycles. The Labute approximate surface area is 124 Å². The van der Waals surface area contributed by atoms with E-state index in [2.05, 4.69) is 32.3 Å². The minimum absolute atomic E-state index is 0.493. The van der Waals surface area contributed by atoms with Crippen LogP contribution in [0.4, 0.5) is 11.9 Å². The molecule has 0 aliphatic carbocycles. The highest BCUT2D eigenvalue weighted by atomic mass is 16.5. The zero-order valence-corrected chi connectivity index (χ0v) is 12.7. The van der Waals surface area contributed by atoms with Crippen molar-refractivity contribution < 1.29 is 4.74 Å². The first-order valence-corrected chi connectivity index (χ1v) is 6.94. The number of aromatic nitrogens is 5. The molecule has 2 aromatic rings. The van der Waals surface area contributed by atoms with Crippen LogP contribution in [0, 0.1) is 0 Å². The van der Waals surface area contributed by atoms with Crippen LogP contribution in [-0.4, -0.2) is 58.6 Å². The Kier molecular flexibility index (Phi) is 5.44. The van der Waals surface area contributed by atoms with Gasteiger partial charge in [-0.15, -0.1) is 0 Å². The average Bonchev–Trinajstić information content (AvgIpc) is 3.04. The summed E-state index contributed by atoms with van der Waals surface area (Å²) in [5.41, 5.74) is 0. The lowest BCUT2D eigenvalue weighted by Crippen LogP contribution is -2.25. The molecule has 2 aromatic heterocycles. The SMILES string of the molecule is CCCNc1nc(N(C)CCOC)nc(-n2cccn2)n1. The fraction of sp³-hybridized carbons (Fsp3) is 0.538. The first kappa shape index (κ1) is 15.2. The van der Waals surface area contributed by atoms with Crippen molar-refractivity contribution in [3.63, 3.8) is 0 Å². The Balaban J connectivity index is 2.28. The first-order chi connectivity index (χ1) is 10.2. The Morgan fingerprint density at radius 1 is 1.33 bits per heavy atom. The molecular weight excluding hydrogens is 270 g/mol. The van der Waals surface area contributed by atoms with Crippen LogP contribution in [0.1, 0.15) is 13.3 Å². The third-order valence-electron chi connectivity index (χ3n) is 2.83. The van der Waals surface area contributed by atoms with Crippen molar-refractivity contribution in [3.8, 4) is 5.95 Å². The second-order valence-electron chi connectivity index (χ2n) is 4.55. The molecule has 0 aromatic carbocycles. The quantitative estimate of drug-likeness (QED) is 0.775. The molecule has 0 unspecified atom stereocenters. The van der Waals surface area contributed by atoms with E-state index in [1.54, 1.807) is 24.2 Å². The molecular formula is C13H21N7O. The Hall–Kier alpha value is -2.22. The number of nitrogens with zero attached hydrogens (tertiary/aromatic N) is 6. The van der Waals surface area contributed by atoms with Gasteiger partial charge in [-0.2, -0.15) is 20.1 Å². The lowest BCUT2D eigenvalue weighted by Gasteiger charge is -2.17. The van der Waals surface area contributed by atoms with E-state index in [-0.39, 0.29) is 0 Å². The number of ether oxygens (including phenoxy) is 1. The summed E-state index contributed by atoms with van der Waals surface area (Å²) in [5, 5.41) is 7.35. The molecule has 0 aliphatic rings. The first-order valence-electron chi connectivity index (χ1n) is 6.94. The molecule has 0 atom stereocenters. The summed E-state index contributed by atoms with van der Waals surface area (Å²) >= 11 is 0. The van der Waals surface area contributed by atoms with Gasteiger partial charge in [0.2, 0.25) is 11.9 Å². The summed E-state index contributed by atoms with van der Waals surface area (Å²) in [6.45, 7) is 4.21. The zero-order valence-electron chi connectivity index (χ0n) is 12.7. The van der Waals surface area contributed by atoms with Crippen molar-refractivity contribution in [1.82, 2.24) is 24.7 Å². The monoisotopic (exact) mass is 291 g/mol. The number of nitrogens with one attached hydrogen (secondary N) is 1. The Morgan fingerprint density at radius 2 is 2.19 bits per heavy atom. The number of hydrogen-bond donors (Lipinski definition) is 1. The van der Waals surface area contributed by atoms with E-state index in [1.165, 1.54) is 0 Å². The lowest BCUT2D eigenvalue weighted by molar-refractivity contribution is 0.206. The fourth-order valence-electron chi connectivity index (χ4n) is 1.66. The van der Waals surface area contributed by atoms with E-state index < -0.39 is 0 Å². The average molecular weight is 291 g/mol. The second-order valence-corrected chi connectivity index (χ2v) is 4.55. The van der Waals surface area contributed by atoms with Crippen LogP contribution < -0.4 is 10.2 Å². The summed E-state index contributed by atoms with van der Waals surface area (Å²) in [6.07, 6.45) is 4.49. The molecule has 0 saturated heterocycles. The summed E-state index contributed by atoms with van der Waals surface area (Å²) in [6, 6.07) is 1.83. The normalized spacial score (nSPS) is 10.6. The highest BCUT2D eigenvalue weighted by Gasteiger charge is 2.11. The van der Waals surface area contributed by atoms with E-state index in [0.717, 1.165) is 13.0 Å². The van der Waals surface area contributed by atoms with Crippen LogP contribution in [0.3, 0.4) is 0 Å². The number of methoxy groups -OCH3 is 1. The van der Waals surface area contributed by atoms with Crippen molar-refractivity contribution in [2.24, 2.45) is 0 Å². The molecule has 8 heteroatoms. The van der Waals surface area contributed by atoms with E-state index in [9.17, 15) is 0 Å².